The van der Waals surface area contributed by atoms with Gasteiger partial charge in [0.25, 0.3) is 11.8 Å². The third-order valence-electron chi connectivity index (χ3n) is 5.49. The molecule has 4 rings (SSSR count). The lowest BCUT2D eigenvalue weighted by molar-refractivity contribution is -0.689. The van der Waals surface area contributed by atoms with Crippen LogP contribution in [0, 0.1) is 0 Å². The predicted molar refractivity (Wildman–Crippen MR) is 146 cm³/mol. The number of anilines is 1. The van der Waals surface area contributed by atoms with E-state index >= 15 is 0 Å². The fraction of sp³-hybridized carbons (Fsp3) is 0.375. The Morgan fingerprint density at radius 3 is 2.60 bits per heavy atom. The average molecular weight is 610 g/mol. The maximum Gasteiger partial charge on any atom is 0.352 e. The molecule has 2 aliphatic heterocycles. The van der Waals surface area contributed by atoms with E-state index in [0.717, 1.165) is 11.3 Å². The van der Waals surface area contributed by atoms with Crippen LogP contribution in [-0.4, -0.2) is 73.8 Å². The van der Waals surface area contributed by atoms with Gasteiger partial charge in [-0.2, -0.15) is 0 Å². The van der Waals surface area contributed by atoms with Crippen LogP contribution in [0.3, 0.4) is 0 Å². The summed E-state index contributed by atoms with van der Waals surface area (Å²) >= 11 is 8.40. The van der Waals surface area contributed by atoms with Gasteiger partial charge in [-0.25, -0.2) is 19.1 Å². The molecule has 16 heteroatoms. The van der Waals surface area contributed by atoms with E-state index in [1.54, 1.807) is 33.2 Å². The van der Waals surface area contributed by atoms with Crippen LogP contribution in [0.4, 0.5) is 5.13 Å². The molecular weight excluding hydrogens is 584 g/mol. The number of oxime groups is 1. The van der Waals surface area contributed by atoms with E-state index in [1.165, 1.54) is 16.7 Å². The number of pyridine rings is 1. The Morgan fingerprint density at radius 1 is 1.30 bits per heavy atom. The molecule has 40 heavy (non-hydrogen) atoms. The van der Waals surface area contributed by atoms with E-state index < -0.39 is 53.1 Å². The number of esters is 1. The summed E-state index contributed by atoms with van der Waals surface area (Å²) in [5, 5.41) is 15.6. The average Bonchev–Trinajstić information content (AvgIpc) is 3.21. The number of thiazole rings is 1. The number of nitrogens with zero attached hydrogens (tertiary/aromatic N) is 4. The van der Waals surface area contributed by atoms with E-state index in [0.29, 0.717) is 17.9 Å². The zero-order chi connectivity index (χ0) is 29.2. The fourth-order valence-corrected chi connectivity index (χ4v) is 6.21. The normalized spacial score (nSPS) is 19.1. The van der Waals surface area contributed by atoms with Crippen molar-refractivity contribution in [1.29, 1.82) is 0 Å². The molecule has 0 aliphatic carbocycles. The lowest BCUT2D eigenvalue weighted by Gasteiger charge is -2.49. The summed E-state index contributed by atoms with van der Waals surface area (Å²) in [5.74, 6) is -3.10. The minimum absolute atomic E-state index is 0.0417. The van der Waals surface area contributed by atoms with Crippen LogP contribution in [0.1, 0.15) is 26.5 Å². The number of thioether (sulfide) groups is 1. The number of aromatic nitrogens is 2. The number of nitrogens with one attached hydrogen (secondary N) is 1. The van der Waals surface area contributed by atoms with Crippen molar-refractivity contribution in [2.45, 2.75) is 44.3 Å². The van der Waals surface area contributed by atoms with Crippen LogP contribution in [-0.2, 0) is 35.3 Å². The summed E-state index contributed by atoms with van der Waals surface area (Å²) in [7, 11) is 0. The Hall–Kier alpha value is -3.69. The van der Waals surface area contributed by atoms with Gasteiger partial charge < -0.3 is 25.7 Å². The van der Waals surface area contributed by atoms with E-state index in [2.05, 4.69) is 15.5 Å². The van der Waals surface area contributed by atoms with Gasteiger partial charge in [-0.15, -0.1) is 11.8 Å². The standard InChI is InChI=1S/C24H25ClN6O7S2/c1-24(2,3)38-13(32)10-37-29-15(14-18(25)40-23(26)28-14)19(33)27-16-20(34)31-17(22(35)36)12(11-39-21(16)31)9-30-7-5-4-6-8-30/h4-8,16,21H,9-11H2,1-3H3,(H3-,26,27,28,33,35,36)/p+1/t16?,21-/m0/s1. The highest BCUT2D eigenvalue weighted by Crippen LogP contribution is 2.40. The molecule has 2 amide bonds. The second-order valence-corrected chi connectivity index (χ2v) is 12.4. The van der Waals surface area contributed by atoms with E-state index in [-0.39, 0.29) is 20.9 Å². The Bertz CT molecular complexity index is 1410. The van der Waals surface area contributed by atoms with Gasteiger partial charge in [0.05, 0.1) is 0 Å². The quantitative estimate of drug-likeness (QED) is 0.123. The van der Waals surface area contributed by atoms with Crippen molar-refractivity contribution in [3.05, 3.63) is 51.9 Å². The first-order valence-corrected chi connectivity index (χ1v) is 14.1. The van der Waals surface area contributed by atoms with E-state index in [1.807, 2.05) is 22.8 Å². The first-order chi connectivity index (χ1) is 18.9. The highest BCUT2D eigenvalue weighted by atomic mass is 35.5. The molecule has 2 atom stereocenters. The molecule has 2 aliphatic rings. The number of ether oxygens (including phenoxy) is 1. The number of carbonyl (C=O) groups excluding carboxylic acids is 3. The summed E-state index contributed by atoms with van der Waals surface area (Å²) in [6.45, 7) is 4.73. The number of β-lactam (4-membered cyclic amide) rings is 1. The van der Waals surface area contributed by atoms with Crippen molar-refractivity contribution < 1.29 is 38.4 Å². The maximum absolute atomic E-state index is 13.3. The smallest absolute Gasteiger partial charge is 0.352 e. The molecule has 0 saturated carbocycles. The molecule has 2 aromatic rings. The number of nitrogen functional groups attached to an aromatic ring is 1. The Balaban J connectivity index is 1.52. The van der Waals surface area contributed by atoms with Gasteiger partial charge >= 0.3 is 11.9 Å². The van der Waals surface area contributed by atoms with Crippen molar-refractivity contribution in [1.82, 2.24) is 15.2 Å². The molecule has 13 nitrogen and oxygen atoms in total. The highest BCUT2D eigenvalue weighted by molar-refractivity contribution is 8.00. The van der Waals surface area contributed by atoms with Crippen molar-refractivity contribution >= 4 is 69.3 Å². The second-order valence-electron chi connectivity index (χ2n) is 9.64. The third-order valence-corrected chi connectivity index (χ3v) is 7.91. The van der Waals surface area contributed by atoms with Crippen molar-refractivity contribution in [3.63, 3.8) is 0 Å². The molecule has 4 N–H and O–H groups in total. The molecule has 0 spiro atoms. The van der Waals surface area contributed by atoms with Gasteiger partial charge in [0.1, 0.15) is 32.7 Å². The van der Waals surface area contributed by atoms with Gasteiger partial charge in [0.2, 0.25) is 6.61 Å². The molecule has 1 saturated heterocycles. The number of carboxylic acid groups (broad SMARTS) is 1. The number of halogens is 1. The minimum atomic E-state index is -1.24. The van der Waals surface area contributed by atoms with Crippen LogP contribution in [0.5, 0.6) is 0 Å². The van der Waals surface area contributed by atoms with Crippen LogP contribution in [0.25, 0.3) is 0 Å². The zero-order valence-corrected chi connectivity index (χ0v) is 24.0. The number of carbonyl (C=O) groups is 4. The van der Waals surface area contributed by atoms with Gasteiger partial charge in [-0.1, -0.05) is 34.2 Å². The second kappa shape index (κ2) is 11.8. The van der Waals surface area contributed by atoms with Gasteiger partial charge in [-0.05, 0) is 20.8 Å². The molecule has 1 fully saturated rings. The number of fused-ring (bicyclic) bond motifs is 1. The Morgan fingerprint density at radius 2 is 2.00 bits per heavy atom. The number of hydrogen-bond acceptors (Lipinski definition) is 11. The minimum Gasteiger partial charge on any atom is -0.477 e. The van der Waals surface area contributed by atoms with Gasteiger partial charge in [0, 0.05) is 23.5 Å². The summed E-state index contributed by atoms with van der Waals surface area (Å²) < 4.78 is 7.01. The van der Waals surface area contributed by atoms with Gasteiger partial charge in [-0.3, -0.25) is 14.5 Å². The lowest BCUT2D eigenvalue weighted by atomic mass is 10.0. The predicted octanol–water partition coefficient (Wildman–Crippen LogP) is 1.17. The summed E-state index contributed by atoms with van der Waals surface area (Å²) in [4.78, 5) is 60.8. The summed E-state index contributed by atoms with van der Waals surface area (Å²) in [5.41, 5.74) is 4.90. The fourth-order valence-electron chi connectivity index (χ4n) is 3.95. The summed E-state index contributed by atoms with van der Waals surface area (Å²) in [6.07, 6.45) is 3.60. The first-order valence-electron chi connectivity index (χ1n) is 11.8. The number of carboxylic acids is 1. The third kappa shape index (κ3) is 6.54. The molecule has 2 aromatic heterocycles. The monoisotopic (exact) mass is 609 g/mol. The lowest BCUT2D eigenvalue weighted by Crippen LogP contribution is -2.71. The Labute approximate surface area is 242 Å². The zero-order valence-electron chi connectivity index (χ0n) is 21.6. The van der Waals surface area contributed by atoms with Crippen LogP contribution in [0.2, 0.25) is 4.34 Å². The first kappa shape index (κ1) is 29.3. The van der Waals surface area contributed by atoms with Crippen LogP contribution >= 0.6 is 34.7 Å². The highest BCUT2D eigenvalue weighted by Gasteiger charge is 2.55. The molecule has 0 aromatic carbocycles. The van der Waals surface area contributed by atoms with Gasteiger partial charge in [0.15, 0.2) is 29.8 Å². The summed E-state index contributed by atoms with van der Waals surface area (Å²) in [6, 6.07) is 4.43. The largest absolute Gasteiger partial charge is 0.477 e. The van der Waals surface area contributed by atoms with Crippen LogP contribution < -0.4 is 15.6 Å². The molecule has 0 bridgehead atoms. The molecule has 1 unspecified atom stereocenters. The Kier molecular flexibility index (Phi) is 8.65. The number of hydrogen-bond donors (Lipinski definition) is 3. The van der Waals surface area contributed by atoms with E-state index in [4.69, 9.17) is 26.9 Å². The SMILES string of the molecule is CC(C)(C)OC(=O)CON=C(C(=O)NC1C(=O)N2C(C(=O)O)=C(C[n+]3ccccc3)CS[C@@H]12)c1nc(N)sc1Cl. The molecule has 0 radical (unpaired) electrons. The number of amides is 2. The van der Waals surface area contributed by atoms with E-state index in [9.17, 15) is 24.3 Å². The maximum atomic E-state index is 13.3. The number of aliphatic carboxylic acids is 1. The number of rotatable bonds is 9. The topological polar surface area (TPSA) is 177 Å². The molecular formula is C24H26ClN6O7S2+. The molecule has 4 heterocycles. The van der Waals surface area contributed by atoms with Crippen molar-refractivity contribution in [2.75, 3.05) is 18.1 Å². The van der Waals surface area contributed by atoms with Crippen molar-refractivity contribution in [2.24, 2.45) is 5.16 Å². The number of nitrogens with two attached hydrogens (primary N) is 1. The van der Waals surface area contributed by atoms with Crippen molar-refractivity contribution in [3.8, 4) is 0 Å². The molecule has 212 valence electrons. The van der Waals surface area contributed by atoms with Crippen LogP contribution in [0.15, 0.2) is 47.0 Å².